The van der Waals surface area contributed by atoms with Crippen molar-refractivity contribution in [2.75, 3.05) is 13.1 Å². The number of halogens is 2. The standard InChI is InChI=1S/C13H17F2N3O3S/c14-11-2-1-9(7-12(11)15)8-13(19)17-10-3-5-18(6-4-10)22(16,20)21/h1-2,7,10H,3-6,8H2,(H,17,19)(H2,16,20,21). The maximum Gasteiger partial charge on any atom is 0.276 e. The highest BCUT2D eigenvalue weighted by Crippen LogP contribution is 2.13. The zero-order valence-electron chi connectivity index (χ0n) is 11.8. The topological polar surface area (TPSA) is 92.5 Å². The molecule has 1 saturated heterocycles. The Morgan fingerprint density at radius 1 is 1.27 bits per heavy atom. The third kappa shape index (κ3) is 4.46. The third-order valence-electron chi connectivity index (χ3n) is 3.53. The second-order valence-electron chi connectivity index (χ2n) is 5.21. The molecule has 0 aromatic heterocycles. The molecule has 1 aliphatic rings. The summed E-state index contributed by atoms with van der Waals surface area (Å²) >= 11 is 0. The Kier molecular flexibility index (Phi) is 5.09. The Morgan fingerprint density at radius 3 is 2.45 bits per heavy atom. The molecule has 22 heavy (non-hydrogen) atoms. The summed E-state index contributed by atoms with van der Waals surface area (Å²) in [6, 6.07) is 3.15. The first kappa shape index (κ1) is 16.8. The van der Waals surface area contributed by atoms with Crippen molar-refractivity contribution in [3.63, 3.8) is 0 Å². The second-order valence-corrected chi connectivity index (χ2v) is 6.76. The van der Waals surface area contributed by atoms with Gasteiger partial charge >= 0.3 is 0 Å². The number of carbonyl (C=O) groups is 1. The van der Waals surface area contributed by atoms with Gasteiger partial charge in [0.2, 0.25) is 5.91 Å². The Bertz CT molecular complexity index is 658. The highest BCUT2D eigenvalue weighted by molar-refractivity contribution is 7.86. The second kappa shape index (κ2) is 6.67. The van der Waals surface area contributed by atoms with Crippen molar-refractivity contribution in [3.8, 4) is 0 Å². The predicted octanol–water partition coefficient (Wildman–Crippen LogP) is 0.291. The molecule has 6 nitrogen and oxygen atoms in total. The highest BCUT2D eigenvalue weighted by atomic mass is 32.2. The lowest BCUT2D eigenvalue weighted by Crippen LogP contribution is -2.48. The summed E-state index contributed by atoms with van der Waals surface area (Å²) in [4.78, 5) is 11.9. The number of piperidine rings is 1. The van der Waals surface area contributed by atoms with E-state index in [1.807, 2.05) is 0 Å². The summed E-state index contributed by atoms with van der Waals surface area (Å²) in [5.41, 5.74) is 0.373. The zero-order valence-corrected chi connectivity index (χ0v) is 12.6. The van der Waals surface area contributed by atoms with E-state index in [0.29, 0.717) is 18.4 Å². The van der Waals surface area contributed by atoms with Crippen molar-refractivity contribution in [2.45, 2.75) is 25.3 Å². The van der Waals surface area contributed by atoms with E-state index >= 15 is 0 Å². The van der Waals surface area contributed by atoms with Crippen LogP contribution in [0.1, 0.15) is 18.4 Å². The minimum absolute atomic E-state index is 0.0629. The quantitative estimate of drug-likeness (QED) is 0.829. The number of carbonyl (C=O) groups excluding carboxylic acids is 1. The van der Waals surface area contributed by atoms with E-state index in [0.717, 1.165) is 16.4 Å². The molecule has 1 amide bonds. The number of benzene rings is 1. The van der Waals surface area contributed by atoms with Gasteiger partial charge in [-0.25, -0.2) is 13.9 Å². The molecule has 0 bridgehead atoms. The predicted molar refractivity (Wildman–Crippen MR) is 75.9 cm³/mol. The van der Waals surface area contributed by atoms with Crippen LogP contribution in [0.5, 0.6) is 0 Å². The van der Waals surface area contributed by atoms with Gasteiger partial charge in [-0.3, -0.25) is 4.79 Å². The number of hydrogen-bond donors (Lipinski definition) is 2. The molecule has 0 aliphatic carbocycles. The van der Waals surface area contributed by atoms with Gasteiger partial charge in [-0.05, 0) is 30.5 Å². The Morgan fingerprint density at radius 2 is 1.91 bits per heavy atom. The lowest BCUT2D eigenvalue weighted by molar-refractivity contribution is -0.121. The first-order chi connectivity index (χ1) is 10.3. The van der Waals surface area contributed by atoms with Crippen molar-refractivity contribution in [1.29, 1.82) is 0 Å². The number of hydrogen-bond acceptors (Lipinski definition) is 3. The van der Waals surface area contributed by atoms with Crippen molar-refractivity contribution in [3.05, 3.63) is 35.4 Å². The normalized spacial score (nSPS) is 17.4. The third-order valence-corrected chi connectivity index (χ3v) is 4.61. The highest BCUT2D eigenvalue weighted by Gasteiger charge is 2.26. The molecule has 0 radical (unpaired) electrons. The van der Waals surface area contributed by atoms with Gasteiger partial charge in [-0.1, -0.05) is 6.07 Å². The van der Waals surface area contributed by atoms with Crippen LogP contribution in [0.3, 0.4) is 0 Å². The Hall–Kier alpha value is -1.58. The van der Waals surface area contributed by atoms with E-state index in [-0.39, 0.29) is 31.5 Å². The molecule has 1 aromatic rings. The molecule has 3 N–H and O–H groups in total. The van der Waals surface area contributed by atoms with E-state index in [1.54, 1.807) is 0 Å². The van der Waals surface area contributed by atoms with E-state index in [4.69, 9.17) is 5.14 Å². The van der Waals surface area contributed by atoms with Gasteiger partial charge in [0.25, 0.3) is 10.2 Å². The Balaban J connectivity index is 1.84. The molecule has 0 atom stereocenters. The van der Waals surface area contributed by atoms with Crippen LogP contribution in [-0.4, -0.2) is 37.8 Å². The fraction of sp³-hybridized carbons (Fsp3) is 0.462. The average molecular weight is 333 g/mol. The van der Waals surface area contributed by atoms with Crippen LogP contribution >= 0.6 is 0 Å². The van der Waals surface area contributed by atoms with Gasteiger partial charge < -0.3 is 5.32 Å². The zero-order chi connectivity index (χ0) is 16.3. The molecular weight excluding hydrogens is 316 g/mol. The van der Waals surface area contributed by atoms with Gasteiger partial charge in [-0.15, -0.1) is 0 Å². The van der Waals surface area contributed by atoms with Crippen LogP contribution in [0.25, 0.3) is 0 Å². The monoisotopic (exact) mass is 333 g/mol. The first-order valence-electron chi connectivity index (χ1n) is 6.77. The summed E-state index contributed by atoms with van der Waals surface area (Å²) in [6.45, 7) is 0.490. The summed E-state index contributed by atoms with van der Waals surface area (Å²) in [6.07, 6.45) is 0.854. The molecule has 2 rings (SSSR count). The van der Waals surface area contributed by atoms with Crippen molar-refractivity contribution in [1.82, 2.24) is 9.62 Å². The van der Waals surface area contributed by atoms with E-state index in [2.05, 4.69) is 5.32 Å². The van der Waals surface area contributed by atoms with Crippen molar-refractivity contribution in [2.24, 2.45) is 5.14 Å². The SMILES string of the molecule is NS(=O)(=O)N1CCC(NC(=O)Cc2ccc(F)c(F)c2)CC1. The van der Waals surface area contributed by atoms with Crippen LogP contribution in [-0.2, 0) is 21.4 Å². The lowest BCUT2D eigenvalue weighted by atomic mass is 10.1. The van der Waals surface area contributed by atoms with Crippen LogP contribution in [0, 0.1) is 11.6 Å². The van der Waals surface area contributed by atoms with E-state index in [9.17, 15) is 22.0 Å². The number of nitrogens with two attached hydrogens (primary N) is 1. The van der Waals surface area contributed by atoms with E-state index in [1.165, 1.54) is 6.07 Å². The molecule has 1 aromatic carbocycles. The summed E-state index contributed by atoms with van der Waals surface area (Å²) in [7, 11) is -3.69. The molecule has 1 fully saturated rings. The van der Waals surface area contributed by atoms with Gasteiger partial charge in [-0.2, -0.15) is 12.7 Å². The first-order valence-corrected chi connectivity index (χ1v) is 8.27. The summed E-state index contributed by atoms with van der Waals surface area (Å²) in [5.74, 6) is -2.27. The van der Waals surface area contributed by atoms with Crippen LogP contribution in [0.15, 0.2) is 18.2 Å². The molecule has 0 saturated carbocycles. The van der Waals surface area contributed by atoms with Crippen LogP contribution < -0.4 is 10.5 Å². The van der Waals surface area contributed by atoms with Crippen molar-refractivity contribution >= 4 is 16.1 Å². The molecule has 0 unspecified atom stereocenters. The molecular formula is C13H17F2N3O3S. The number of nitrogens with zero attached hydrogens (tertiary/aromatic N) is 1. The molecule has 9 heteroatoms. The largest absolute Gasteiger partial charge is 0.353 e. The van der Waals surface area contributed by atoms with Gasteiger partial charge in [0.1, 0.15) is 0 Å². The molecule has 122 valence electrons. The Labute approximate surface area is 127 Å². The maximum atomic E-state index is 13.1. The molecule has 0 spiro atoms. The van der Waals surface area contributed by atoms with Crippen LogP contribution in [0.4, 0.5) is 8.78 Å². The molecule has 1 heterocycles. The average Bonchev–Trinajstić information content (AvgIpc) is 2.42. The lowest BCUT2D eigenvalue weighted by Gasteiger charge is -2.30. The van der Waals surface area contributed by atoms with Gasteiger partial charge in [0.05, 0.1) is 6.42 Å². The van der Waals surface area contributed by atoms with Gasteiger partial charge in [0, 0.05) is 19.1 Å². The number of amides is 1. The molecule has 1 aliphatic heterocycles. The fourth-order valence-electron chi connectivity index (χ4n) is 2.37. The minimum Gasteiger partial charge on any atom is -0.353 e. The summed E-state index contributed by atoms with van der Waals surface area (Å²) < 4.78 is 49.4. The minimum atomic E-state index is -3.69. The van der Waals surface area contributed by atoms with E-state index < -0.39 is 21.8 Å². The smallest absolute Gasteiger partial charge is 0.276 e. The fourth-order valence-corrected chi connectivity index (χ4v) is 3.09. The maximum absolute atomic E-state index is 13.1. The number of rotatable bonds is 4. The number of nitrogens with one attached hydrogen (secondary N) is 1. The summed E-state index contributed by atoms with van der Waals surface area (Å²) in [5, 5.41) is 7.79. The van der Waals surface area contributed by atoms with Crippen molar-refractivity contribution < 1.29 is 22.0 Å². The van der Waals surface area contributed by atoms with Crippen LogP contribution in [0.2, 0.25) is 0 Å². The van der Waals surface area contributed by atoms with Gasteiger partial charge in [0.15, 0.2) is 11.6 Å².